The van der Waals surface area contributed by atoms with Crippen molar-refractivity contribution in [1.82, 2.24) is 15.4 Å². The summed E-state index contributed by atoms with van der Waals surface area (Å²) in [6.07, 6.45) is 2.01. The maximum Gasteiger partial charge on any atom is 0.322 e. The van der Waals surface area contributed by atoms with Crippen LogP contribution in [0.3, 0.4) is 0 Å². The van der Waals surface area contributed by atoms with Gasteiger partial charge in [-0.05, 0) is 30.9 Å². The van der Waals surface area contributed by atoms with E-state index in [0.29, 0.717) is 12.8 Å². The van der Waals surface area contributed by atoms with Gasteiger partial charge in [0.2, 0.25) is 10.0 Å². The Morgan fingerprint density at radius 2 is 2.04 bits per heavy atom. The van der Waals surface area contributed by atoms with Crippen LogP contribution in [-0.2, 0) is 20.6 Å². The van der Waals surface area contributed by atoms with Gasteiger partial charge in [-0.2, -0.15) is 0 Å². The van der Waals surface area contributed by atoms with Crippen molar-refractivity contribution in [2.75, 3.05) is 6.54 Å². The molecule has 1 saturated carbocycles. The van der Waals surface area contributed by atoms with Crippen molar-refractivity contribution in [2.45, 2.75) is 37.5 Å². The molecule has 1 aliphatic carbocycles. The zero-order valence-electron chi connectivity index (χ0n) is 13.5. The third-order valence-corrected chi connectivity index (χ3v) is 6.24. The minimum absolute atomic E-state index is 0.0993. The van der Waals surface area contributed by atoms with Gasteiger partial charge < -0.3 is 5.32 Å². The smallest absolute Gasteiger partial charge is 0.322 e. The molecular weight excluding hydrogens is 330 g/mol. The van der Waals surface area contributed by atoms with Crippen molar-refractivity contribution >= 4 is 22.0 Å². The summed E-state index contributed by atoms with van der Waals surface area (Å²) in [7, 11) is -3.52. The number of aryl methyl sites for hydroxylation is 1. The molecule has 0 bridgehead atoms. The zero-order chi connectivity index (χ0) is 17.4. The molecule has 1 heterocycles. The lowest BCUT2D eigenvalue weighted by Crippen LogP contribution is -2.53. The number of imide groups is 1. The first-order valence-electron chi connectivity index (χ1n) is 7.98. The summed E-state index contributed by atoms with van der Waals surface area (Å²) < 4.78 is 27.3. The number of urea groups is 1. The Balaban J connectivity index is 1.67. The Kier molecular flexibility index (Phi) is 4.35. The van der Waals surface area contributed by atoms with E-state index in [-0.39, 0.29) is 24.1 Å². The zero-order valence-corrected chi connectivity index (χ0v) is 14.3. The number of rotatable bonds is 5. The molecule has 130 valence electrons. The van der Waals surface area contributed by atoms with Crippen LogP contribution in [0.1, 0.15) is 30.4 Å². The number of carbonyl (C=O) groups is 2. The Labute approximate surface area is 141 Å². The first kappa shape index (κ1) is 16.9. The molecule has 1 spiro atoms. The van der Waals surface area contributed by atoms with E-state index < -0.39 is 21.6 Å². The summed E-state index contributed by atoms with van der Waals surface area (Å²) in [5.74, 6) is -0.693. The molecule has 3 rings (SSSR count). The van der Waals surface area contributed by atoms with Crippen molar-refractivity contribution in [3.63, 3.8) is 0 Å². The quantitative estimate of drug-likeness (QED) is 0.682. The first-order valence-corrected chi connectivity index (χ1v) is 9.63. The van der Waals surface area contributed by atoms with Gasteiger partial charge in [-0.3, -0.25) is 10.1 Å². The van der Waals surface area contributed by atoms with Gasteiger partial charge in [-0.15, -0.1) is 0 Å². The molecule has 0 radical (unpaired) electrons. The topological polar surface area (TPSA) is 104 Å². The van der Waals surface area contributed by atoms with Crippen LogP contribution in [0.2, 0.25) is 0 Å². The molecule has 3 N–H and O–H groups in total. The number of benzene rings is 1. The van der Waals surface area contributed by atoms with Crippen molar-refractivity contribution in [1.29, 1.82) is 0 Å². The molecule has 24 heavy (non-hydrogen) atoms. The van der Waals surface area contributed by atoms with Gasteiger partial charge in [0.15, 0.2) is 0 Å². The molecule has 1 aromatic rings. The molecule has 1 aromatic carbocycles. The standard InChI is InChI=1S/C16H21N3O4S/c1-11-5-2-3-6-12(11)10-24(22,23)17-9-13-7-4-8-16(13)14(20)18-15(21)19-16/h2-3,5-6,13,17H,4,7-10H2,1H3,(H2,18,19,20,21). The van der Waals surface area contributed by atoms with Crippen molar-refractivity contribution in [3.8, 4) is 0 Å². The summed E-state index contributed by atoms with van der Waals surface area (Å²) in [5.41, 5.74) is 0.697. The largest absolute Gasteiger partial charge is 0.323 e. The molecule has 8 heteroatoms. The van der Waals surface area contributed by atoms with Gasteiger partial charge in [0.1, 0.15) is 5.54 Å². The maximum absolute atomic E-state index is 12.4. The van der Waals surface area contributed by atoms with E-state index in [1.54, 1.807) is 6.07 Å². The minimum Gasteiger partial charge on any atom is -0.323 e. The van der Waals surface area contributed by atoms with Crippen LogP contribution in [-0.4, -0.2) is 32.4 Å². The lowest BCUT2D eigenvalue weighted by molar-refractivity contribution is -0.125. The average molecular weight is 351 g/mol. The lowest BCUT2D eigenvalue weighted by atomic mass is 9.87. The summed E-state index contributed by atoms with van der Waals surface area (Å²) in [5, 5.41) is 4.95. The van der Waals surface area contributed by atoms with Crippen LogP contribution in [0, 0.1) is 12.8 Å². The predicted molar refractivity (Wildman–Crippen MR) is 88.6 cm³/mol. The number of hydrogen-bond donors (Lipinski definition) is 3. The Morgan fingerprint density at radius 1 is 1.29 bits per heavy atom. The Morgan fingerprint density at radius 3 is 2.71 bits per heavy atom. The van der Waals surface area contributed by atoms with Crippen molar-refractivity contribution < 1.29 is 18.0 Å². The molecule has 1 aliphatic heterocycles. The normalized spacial score (nSPS) is 26.6. The fraction of sp³-hybridized carbons (Fsp3) is 0.500. The van der Waals surface area contributed by atoms with Gasteiger partial charge in [0.05, 0.1) is 5.75 Å². The maximum atomic E-state index is 12.4. The summed E-state index contributed by atoms with van der Waals surface area (Å²) in [4.78, 5) is 23.6. The summed E-state index contributed by atoms with van der Waals surface area (Å²) >= 11 is 0. The molecule has 2 unspecified atom stereocenters. The number of carbonyl (C=O) groups excluding carboxylic acids is 2. The monoisotopic (exact) mass is 351 g/mol. The number of nitrogens with one attached hydrogen (secondary N) is 3. The Hall–Kier alpha value is -1.93. The van der Waals surface area contributed by atoms with Gasteiger partial charge in [-0.1, -0.05) is 30.7 Å². The highest BCUT2D eigenvalue weighted by Gasteiger charge is 2.54. The number of amides is 3. The molecule has 7 nitrogen and oxygen atoms in total. The Bertz CT molecular complexity index is 777. The summed E-state index contributed by atoms with van der Waals surface area (Å²) in [6.45, 7) is 2.01. The second kappa shape index (κ2) is 6.18. The van der Waals surface area contributed by atoms with Crippen molar-refractivity contribution in [2.24, 2.45) is 5.92 Å². The van der Waals surface area contributed by atoms with Crippen LogP contribution >= 0.6 is 0 Å². The van der Waals surface area contributed by atoms with E-state index in [9.17, 15) is 18.0 Å². The molecule has 2 aliphatic rings. The van der Waals surface area contributed by atoms with Gasteiger partial charge in [-0.25, -0.2) is 17.9 Å². The fourth-order valence-electron chi connectivity index (χ4n) is 3.58. The van der Waals surface area contributed by atoms with Crippen LogP contribution in [0.25, 0.3) is 0 Å². The van der Waals surface area contributed by atoms with Crippen LogP contribution in [0.4, 0.5) is 4.79 Å². The van der Waals surface area contributed by atoms with Gasteiger partial charge in [0, 0.05) is 12.5 Å². The molecule has 1 saturated heterocycles. The fourth-order valence-corrected chi connectivity index (χ4v) is 4.87. The molecule has 3 amide bonds. The second-order valence-corrected chi connectivity index (χ2v) is 8.31. The predicted octanol–water partition coefficient (Wildman–Crippen LogP) is 0.793. The number of hydrogen-bond acceptors (Lipinski definition) is 4. The second-order valence-electron chi connectivity index (χ2n) is 6.50. The average Bonchev–Trinajstić information content (AvgIpc) is 3.03. The van der Waals surface area contributed by atoms with E-state index in [1.165, 1.54) is 0 Å². The highest BCUT2D eigenvalue weighted by molar-refractivity contribution is 7.88. The van der Waals surface area contributed by atoms with Crippen molar-refractivity contribution in [3.05, 3.63) is 35.4 Å². The molecule has 2 atom stereocenters. The molecule has 2 fully saturated rings. The van der Waals surface area contributed by atoms with E-state index >= 15 is 0 Å². The molecule has 0 aromatic heterocycles. The lowest BCUT2D eigenvalue weighted by Gasteiger charge is -2.28. The highest BCUT2D eigenvalue weighted by atomic mass is 32.2. The third kappa shape index (κ3) is 3.16. The van der Waals surface area contributed by atoms with Crippen LogP contribution < -0.4 is 15.4 Å². The van der Waals surface area contributed by atoms with Gasteiger partial charge in [0.25, 0.3) is 5.91 Å². The third-order valence-electron chi connectivity index (χ3n) is 4.95. The van der Waals surface area contributed by atoms with E-state index in [1.807, 2.05) is 25.1 Å². The van der Waals surface area contributed by atoms with Crippen LogP contribution in [0.5, 0.6) is 0 Å². The first-order chi connectivity index (χ1) is 11.3. The summed E-state index contributed by atoms with van der Waals surface area (Å²) in [6, 6.07) is 6.82. The van der Waals surface area contributed by atoms with E-state index in [2.05, 4.69) is 15.4 Å². The highest BCUT2D eigenvalue weighted by Crippen LogP contribution is 2.37. The van der Waals surface area contributed by atoms with E-state index in [4.69, 9.17) is 0 Å². The molecular formula is C16H21N3O4S. The SMILES string of the molecule is Cc1ccccc1CS(=O)(=O)NCC1CCCC12NC(=O)NC2=O. The minimum atomic E-state index is -3.52. The number of sulfonamides is 1. The van der Waals surface area contributed by atoms with Gasteiger partial charge >= 0.3 is 6.03 Å². The van der Waals surface area contributed by atoms with Crippen LogP contribution in [0.15, 0.2) is 24.3 Å². The van der Waals surface area contributed by atoms with E-state index in [0.717, 1.165) is 17.5 Å².